The van der Waals surface area contributed by atoms with Gasteiger partial charge in [0.25, 0.3) is 0 Å². The Labute approximate surface area is 126 Å². The van der Waals surface area contributed by atoms with Crippen LogP contribution in [0.3, 0.4) is 0 Å². The van der Waals surface area contributed by atoms with Crippen LogP contribution in [0.5, 0.6) is 11.5 Å². The topological polar surface area (TPSA) is 48.3 Å². The fraction of sp³-hybridized carbons (Fsp3) is 0.357. The highest BCUT2D eigenvalue weighted by Crippen LogP contribution is 2.38. The average molecular weight is 338 g/mol. The summed E-state index contributed by atoms with van der Waals surface area (Å²) in [4.78, 5) is 0. The summed E-state index contributed by atoms with van der Waals surface area (Å²) < 4.78 is 14.0. The Morgan fingerprint density at radius 1 is 1.30 bits per heavy atom. The maximum Gasteiger partial charge on any atom is 0.163 e. The summed E-state index contributed by atoms with van der Waals surface area (Å²) in [5, 5.41) is 7.64. The minimum Gasteiger partial charge on any atom is -0.486 e. The standard InChI is InChI=1S/C14H16BrN3O2/c1-2-18-9-10(8-17-18)7-16-12-6-14-13(5-11(12)15)19-3-4-20-14/h5-6,8-9,16H,2-4,7H2,1H3. The van der Waals surface area contributed by atoms with Crippen LogP contribution in [0.15, 0.2) is 29.0 Å². The summed E-state index contributed by atoms with van der Waals surface area (Å²) in [6, 6.07) is 3.90. The number of nitrogens with zero attached hydrogens (tertiary/aromatic N) is 2. The van der Waals surface area contributed by atoms with Gasteiger partial charge in [0.1, 0.15) is 13.2 Å². The Hall–Kier alpha value is -1.69. The van der Waals surface area contributed by atoms with Crippen LogP contribution < -0.4 is 14.8 Å². The lowest BCUT2D eigenvalue weighted by Crippen LogP contribution is -2.15. The lowest BCUT2D eigenvalue weighted by atomic mass is 10.2. The quantitative estimate of drug-likeness (QED) is 0.931. The highest BCUT2D eigenvalue weighted by atomic mass is 79.9. The number of hydrogen-bond acceptors (Lipinski definition) is 4. The van der Waals surface area contributed by atoms with Crippen LogP contribution >= 0.6 is 15.9 Å². The molecule has 0 aliphatic carbocycles. The molecule has 3 rings (SSSR count). The second-order valence-corrected chi connectivity index (χ2v) is 5.39. The molecule has 1 aromatic heterocycles. The SMILES string of the molecule is CCn1cc(CNc2cc3c(cc2Br)OCCO3)cn1. The molecule has 2 heterocycles. The van der Waals surface area contributed by atoms with Gasteiger partial charge in [-0.05, 0) is 22.9 Å². The predicted molar refractivity (Wildman–Crippen MR) is 80.4 cm³/mol. The highest BCUT2D eigenvalue weighted by molar-refractivity contribution is 9.10. The number of nitrogens with one attached hydrogen (secondary N) is 1. The minimum absolute atomic E-state index is 0.595. The van der Waals surface area contributed by atoms with Gasteiger partial charge in [-0.25, -0.2) is 0 Å². The van der Waals surface area contributed by atoms with E-state index in [2.05, 4.69) is 33.3 Å². The van der Waals surface area contributed by atoms with E-state index in [4.69, 9.17) is 9.47 Å². The van der Waals surface area contributed by atoms with Crippen molar-refractivity contribution >= 4 is 21.6 Å². The summed E-state index contributed by atoms with van der Waals surface area (Å²) in [6.45, 7) is 4.87. The Kier molecular flexibility index (Phi) is 3.82. The first kappa shape index (κ1) is 13.3. The third kappa shape index (κ3) is 2.75. The van der Waals surface area contributed by atoms with Crippen LogP contribution in [-0.4, -0.2) is 23.0 Å². The number of ether oxygens (including phenoxy) is 2. The zero-order chi connectivity index (χ0) is 13.9. The molecule has 1 aliphatic rings. The van der Waals surface area contributed by atoms with E-state index in [0.29, 0.717) is 13.2 Å². The van der Waals surface area contributed by atoms with Gasteiger partial charge in [-0.2, -0.15) is 5.10 Å². The van der Waals surface area contributed by atoms with E-state index in [0.717, 1.165) is 40.3 Å². The Balaban J connectivity index is 1.73. The van der Waals surface area contributed by atoms with Crippen LogP contribution in [0.4, 0.5) is 5.69 Å². The molecule has 0 spiro atoms. The maximum atomic E-state index is 5.59. The smallest absolute Gasteiger partial charge is 0.163 e. The maximum absolute atomic E-state index is 5.59. The van der Waals surface area contributed by atoms with Gasteiger partial charge in [-0.1, -0.05) is 0 Å². The molecule has 2 aromatic rings. The first-order chi connectivity index (χ1) is 9.76. The van der Waals surface area contributed by atoms with E-state index in [1.165, 1.54) is 0 Å². The van der Waals surface area contributed by atoms with Crippen molar-refractivity contribution < 1.29 is 9.47 Å². The van der Waals surface area contributed by atoms with Gasteiger partial charge in [0, 0.05) is 41.5 Å². The van der Waals surface area contributed by atoms with Crippen LogP contribution in [0.1, 0.15) is 12.5 Å². The molecule has 0 fully saturated rings. The molecule has 5 nitrogen and oxygen atoms in total. The molecule has 1 N–H and O–H groups in total. The van der Waals surface area contributed by atoms with Crippen molar-refractivity contribution in [3.05, 3.63) is 34.6 Å². The third-order valence-corrected chi connectivity index (χ3v) is 3.78. The van der Waals surface area contributed by atoms with Gasteiger partial charge in [0.2, 0.25) is 0 Å². The molecule has 20 heavy (non-hydrogen) atoms. The van der Waals surface area contributed by atoms with Gasteiger partial charge < -0.3 is 14.8 Å². The van der Waals surface area contributed by atoms with Crippen LogP contribution in [-0.2, 0) is 13.1 Å². The number of benzene rings is 1. The van der Waals surface area contributed by atoms with Gasteiger partial charge in [0.05, 0.1) is 11.9 Å². The van der Waals surface area contributed by atoms with Crippen molar-refractivity contribution in [2.75, 3.05) is 18.5 Å². The second-order valence-electron chi connectivity index (χ2n) is 4.53. The van der Waals surface area contributed by atoms with E-state index in [1.807, 2.05) is 29.2 Å². The number of aryl methyl sites for hydroxylation is 1. The fourth-order valence-corrected chi connectivity index (χ4v) is 2.53. The van der Waals surface area contributed by atoms with Gasteiger partial charge in [-0.3, -0.25) is 4.68 Å². The predicted octanol–water partition coefficient (Wildman–Crippen LogP) is 3.05. The second kappa shape index (κ2) is 5.75. The van der Waals surface area contributed by atoms with Gasteiger partial charge in [0.15, 0.2) is 11.5 Å². The molecule has 1 aromatic carbocycles. The first-order valence-corrected chi connectivity index (χ1v) is 7.40. The number of aromatic nitrogens is 2. The fourth-order valence-electron chi connectivity index (χ4n) is 2.07. The minimum atomic E-state index is 0.595. The molecule has 0 atom stereocenters. The first-order valence-electron chi connectivity index (χ1n) is 6.60. The Morgan fingerprint density at radius 3 is 2.75 bits per heavy atom. The number of hydrogen-bond donors (Lipinski definition) is 1. The van der Waals surface area contributed by atoms with Crippen molar-refractivity contribution in [2.45, 2.75) is 20.0 Å². The van der Waals surface area contributed by atoms with Crippen LogP contribution in [0, 0.1) is 0 Å². The lowest BCUT2D eigenvalue weighted by Gasteiger charge is -2.20. The van der Waals surface area contributed by atoms with E-state index in [-0.39, 0.29) is 0 Å². The number of halogens is 1. The zero-order valence-corrected chi connectivity index (χ0v) is 12.8. The number of fused-ring (bicyclic) bond motifs is 1. The summed E-state index contributed by atoms with van der Waals surface area (Å²) >= 11 is 3.55. The molecule has 0 saturated carbocycles. The van der Waals surface area contributed by atoms with E-state index in [9.17, 15) is 0 Å². The van der Waals surface area contributed by atoms with E-state index < -0.39 is 0 Å². The summed E-state index contributed by atoms with van der Waals surface area (Å²) in [7, 11) is 0. The molecule has 6 heteroatoms. The van der Waals surface area contributed by atoms with Gasteiger partial charge >= 0.3 is 0 Å². The van der Waals surface area contributed by atoms with Crippen molar-refractivity contribution in [1.82, 2.24) is 9.78 Å². The third-order valence-electron chi connectivity index (χ3n) is 3.13. The zero-order valence-electron chi connectivity index (χ0n) is 11.2. The number of rotatable bonds is 4. The van der Waals surface area contributed by atoms with Crippen molar-refractivity contribution in [3.63, 3.8) is 0 Å². The molecule has 0 amide bonds. The van der Waals surface area contributed by atoms with E-state index >= 15 is 0 Å². The highest BCUT2D eigenvalue weighted by Gasteiger charge is 2.14. The summed E-state index contributed by atoms with van der Waals surface area (Å²) in [6.07, 6.45) is 3.92. The molecule has 1 aliphatic heterocycles. The molecule has 0 saturated heterocycles. The largest absolute Gasteiger partial charge is 0.486 e. The van der Waals surface area contributed by atoms with Crippen LogP contribution in [0.2, 0.25) is 0 Å². The normalized spacial score (nSPS) is 13.3. The molecular weight excluding hydrogens is 322 g/mol. The number of anilines is 1. The average Bonchev–Trinajstić information content (AvgIpc) is 2.93. The molecular formula is C14H16BrN3O2. The molecule has 0 bridgehead atoms. The van der Waals surface area contributed by atoms with Crippen LogP contribution in [0.25, 0.3) is 0 Å². The van der Waals surface area contributed by atoms with Crippen molar-refractivity contribution in [2.24, 2.45) is 0 Å². The van der Waals surface area contributed by atoms with Crippen molar-refractivity contribution in [1.29, 1.82) is 0 Å². The summed E-state index contributed by atoms with van der Waals surface area (Å²) in [5.41, 5.74) is 2.13. The summed E-state index contributed by atoms with van der Waals surface area (Å²) in [5.74, 6) is 1.57. The molecule has 0 radical (unpaired) electrons. The molecule has 0 unspecified atom stereocenters. The van der Waals surface area contributed by atoms with Crippen molar-refractivity contribution in [3.8, 4) is 11.5 Å². The Bertz CT molecular complexity index is 612. The van der Waals surface area contributed by atoms with Gasteiger partial charge in [-0.15, -0.1) is 0 Å². The molecule has 106 valence electrons. The Morgan fingerprint density at radius 2 is 2.05 bits per heavy atom. The monoisotopic (exact) mass is 337 g/mol. The lowest BCUT2D eigenvalue weighted by molar-refractivity contribution is 0.171. The van der Waals surface area contributed by atoms with E-state index in [1.54, 1.807) is 0 Å².